The van der Waals surface area contributed by atoms with Crippen LogP contribution in [0.25, 0.3) is 5.82 Å². The Labute approximate surface area is 143 Å². The first-order chi connectivity index (χ1) is 12.2. The molecular weight excluding hydrogens is 318 g/mol. The van der Waals surface area contributed by atoms with Crippen molar-refractivity contribution in [2.45, 2.75) is 12.8 Å². The maximum Gasteiger partial charge on any atom is 0.255 e. The Kier molecular flexibility index (Phi) is 3.74. The summed E-state index contributed by atoms with van der Waals surface area (Å²) in [7, 11) is 0. The molecule has 0 spiro atoms. The molecule has 2 amide bonds. The number of anilines is 2. The molecule has 0 saturated carbocycles. The summed E-state index contributed by atoms with van der Waals surface area (Å²) in [5.41, 5.74) is 2.90. The van der Waals surface area contributed by atoms with Gasteiger partial charge in [-0.1, -0.05) is 0 Å². The van der Waals surface area contributed by atoms with Gasteiger partial charge in [0.1, 0.15) is 0 Å². The van der Waals surface area contributed by atoms with Crippen LogP contribution < -0.4 is 10.6 Å². The van der Waals surface area contributed by atoms with Crippen LogP contribution in [-0.4, -0.2) is 26.6 Å². The van der Waals surface area contributed by atoms with Crippen molar-refractivity contribution in [2.75, 3.05) is 10.6 Å². The van der Waals surface area contributed by atoms with Gasteiger partial charge in [-0.05, 0) is 48.4 Å². The van der Waals surface area contributed by atoms with E-state index in [4.69, 9.17) is 0 Å². The van der Waals surface area contributed by atoms with E-state index in [1.807, 2.05) is 12.1 Å². The third kappa shape index (κ3) is 3.12. The summed E-state index contributed by atoms with van der Waals surface area (Å²) in [5, 5.41) is 9.74. The van der Waals surface area contributed by atoms with E-state index < -0.39 is 0 Å². The highest BCUT2D eigenvalue weighted by molar-refractivity contribution is 6.05. The van der Waals surface area contributed by atoms with Crippen molar-refractivity contribution in [2.24, 2.45) is 0 Å². The maximum atomic E-state index is 12.4. The standard InChI is InChI=1S/C18H15N5O2/c24-17-7-3-12-10-13(2-5-15(12)22-17)18(25)21-14-4-6-16(19-11-14)23-9-1-8-20-23/h1-2,4-6,8-11H,3,7H2,(H,21,25)(H,22,24). The first kappa shape index (κ1) is 15.1. The van der Waals surface area contributed by atoms with Crippen LogP contribution in [0.3, 0.4) is 0 Å². The summed E-state index contributed by atoms with van der Waals surface area (Å²) in [6.45, 7) is 0. The van der Waals surface area contributed by atoms with E-state index in [-0.39, 0.29) is 11.8 Å². The van der Waals surface area contributed by atoms with Crippen LogP contribution in [0, 0.1) is 0 Å². The van der Waals surface area contributed by atoms with Crippen LogP contribution in [-0.2, 0) is 11.2 Å². The molecule has 7 nitrogen and oxygen atoms in total. The fraction of sp³-hybridized carbons (Fsp3) is 0.111. The Bertz CT molecular complexity index is 933. The Morgan fingerprint density at radius 3 is 2.88 bits per heavy atom. The van der Waals surface area contributed by atoms with Crippen molar-refractivity contribution in [3.63, 3.8) is 0 Å². The number of fused-ring (bicyclic) bond motifs is 1. The molecule has 0 unspecified atom stereocenters. The average molecular weight is 333 g/mol. The van der Waals surface area contributed by atoms with Crippen molar-refractivity contribution in [1.29, 1.82) is 0 Å². The van der Waals surface area contributed by atoms with Gasteiger partial charge in [0, 0.05) is 30.1 Å². The molecule has 1 aromatic carbocycles. The van der Waals surface area contributed by atoms with Gasteiger partial charge in [-0.2, -0.15) is 5.10 Å². The van der Waals surface area contributed by atoms with E-state index in [1.165, 1.54) is 0 Å². The van der Waals surface area contributed by atoms with Crippen molar-refractivity contribution >= 4 is 23.2 Å². The fourth-order valence-corrected chi connectivity index (χ4v) is 2.73. The van der Waals surface area contributed by atoms with Gasteiger partial charge in [-0.3, -0.25) is 9.59 Å². The fourth-order valence-electron chi connectivity index (χ4n) is 2.73. The van der Waals surface area contributed by atoms with Crippen molar-refractivity contribution < 1.29 is 9.59 Å². The van der Waals surface area contributed by atoms with Gasteiger partial charge in [0.05, 0.1) is 11.9 Å². The molecular formula is C18H15N5O2. The number of pyridine rings is 1. The summed E-state index contributed by atoms with van der Waals surface area (Å²) in [6.07, 6.45) is 6.15. The Balaban J connectivity index is 1.49. The first-order valence-electron chi connectivity index (χ1n) is 7.89. The molecule has 124 valence electrons. The molecule has 0 fully saturated rings. The predicted octanol–water partition coefficient (Wildman–Crippen LogP) is 2.40. The third-order valence-corrected chi connectivity index (χ3v) is 4.01. The van der Waals surface area contributed by atoms with Gasteiger partial charge in [-0.15, -0.1) is 0 Å². The van der Waals surface area contributed by atoms with E-state index in [0.29, 0.717) is 29.9 Å². The molecule has 7 heteroatoms. The van der Waals surface area contributed by atoms with Gasteiger partial charge in [-0.25, -0.2) is 9.67 Å². The molecule has 1 aliphatic heterocycles. The van der Waals surface area contributed by atoms with Gasteiger partial charge in [0.25, 0.3) is 5.91 Å². The lowest BCUT2D eigenvalue weighted by molar-refractivity contribution is -0.116. The number of hydrogen-bond acceptors (Lipinski definition) is 4. The first-order valence-corrected chi connectivity index (χ1v) is 7.89. The quantitative estimate of drug-likeness (QED) is 0.770. The zero-order valence-electron chi connectivity index (χ0n) is 13.3. The van der Waals surface area contributed by atoms with Crippen LogP contribution in [0.4, 0.5) is 11.4 Å². The largest absolute Gasteiger partial charge is 0.326 e. The Hall–Kier alpha value is -3.48. The normalized spacial score (nSPS) is 13.0. The number of carbonyl (C=O) groups excluding carboxylic acids is 2. The number of hydrogen-bond donors (Lipinski definition) is 2. The molecule has 0 bridgehead atoms. The Morgan fingerprint density at radius 1 is 1.20 bits per heavy atom. The lowest BCUT2D eigenvalue weighted by Crippen LogP contribution is -2.20. The Morgan fingerprint density at radius 2 is 2.12 bits per heavy atom. The van der Waals surface area contributed by atoms with Crippen molar-refractivity contribution in [1.82, 2.24) is 14.8 Å². The highest BCUT2D eigenvalue weighted by Crippen LogP contribution is 2.24. The number of aromatic nitrogens is 3. The van der Waals surface area contributed by atoms with Crippen LogP contribution >= 0.6 is 0 Å². The van der Waals surface area contributed by atoms with Crippen LogP contribution in [0.5, 0.6) is 0 Å². The summed E-state index contributed by atoms with van der Waals surface area (Å²) >= 11 is 0. The second-order valence-electron chi connectivity index (χ2n) is 5.73. The number of carbonyl (C=O) groups is 2. The molecule has 0 atom stereocenters. The average Bonchev–Trinajstić information content (AvgIpc) is 3.16. The molecule has 0 radical (unpaired) electrons. The molecule has 0 saturated heterocycles. The molecule has 2 N–H and O–H groups in total. The second kappa shape index (κ2) is 6.20. The SMILES string of the molecule is O=C1CCc2cc(C(=O)Nc3ccc(-n4cccn4)nc3)ccc2N1. The highest BCUT2D eigenvalue weighted by Gasteiger charge is 2.16. The minimum absolute atomic E-state index is 0.00745. The number of nitrogens with zero attached hydrogens (tertiary/aromatic N) is 3. The molecule has 0 aliphatic carbocycles. The summed E-state index contributed by atoms with van der Waals surface area (Å²) in [5.74, 6) is 0.467. The van der Waals surface area contributed by atoms with Gasteiger partial charge in [0.15, 0.2) is 5.82 Å². The monoisotopic (exact) mass is 333 g/mol. The van der Waals surface area contributed by atoms with Crippen LogP contribution in [0.2, 0.25) is 0 Å². The number of amides is 2. The van der Waals surface area contributed by atoms with Gasteiger partial charge in [0.2, 0.25) is 5.91 Å². The smallest absolute Gasteiger partial charge is 0.255 e. The van der Waals surface area contributed by atoms with E-state index in [0.717, 1.165) is 11.3 Å². The van der Waals surface area contributed by atoms with Crippen molar-refractivity contribution in [3.05, 3.63) is 66.1 Å². The predicted molar refractivity (Wildman–Crippen MR) is 92.7 cm³/mol. The van der Waals surface area contributed by atoms with E-state index in [2.05, 4.69) is 20.7 Å². The molecule has 1 aliphatic rings. The highest BCUT2D eigenvalue weighted by atomic mass is 16.2. The van der Waals surface area contributed by atoms with Crippen molar-refractivity contribution in [3.8, 4) is 5.82 Å². The minimum Gasteiger partial charge on any atom is -0.326 e. The lowest BCUT2D eigenvalue weighted by atomic mass is 10.00. The molecule has 3 heterocycles. The summed E-state index contributed by atoms with van der Waals surface area (Å²) in [4.78, 5) is 28.1. The van der Waals surface area contributed by atoms with E-state index in [9.17, 15) is 9.59 Å². The number of nitrogens with one attached hydrogen (secondary N) is 2. The topological polar surface area (TPSA) is 88.9 Å². The third-order valence-electron chi connectivity index (χ3n) is 4.01. The molecule has 4 rings (SSSR count). The van der Waals surface area contributed by atoms with E-state index >= 15 is 0 Å². The zero-order chi connectivity index (χ0) is 17.2. The maximum absolute atomic E-state index is 12.4. The summed E-state index contributed by atoms with van der Waals surface area (Å²) < 4.78 is 1.64. The molecule has 25 heavy (non-hydrogen) atoms. The summed E-state index contributed by atoms with van der Waals surface area (Å²) in [6, 6.07) is 10.7. The van der Waals surface area contributed by atoms with Crippen LogP contribution in [0.1, 0.15) is 22.3 Å². The zero-order valence-corrected chi connectivity index (χ0v) is 13.3. The number of benzene rings is 1. The van der Waals surface area contributed by atoms with Gasteiger partial charge < -0.3 is 10.6 Å². The molecule has 3 aromatic rings. The van der Waals surface area contributed by atoms with Gasteiger partial charge >= 0.3 is 0 Å². The minimum atomic E-state index is -0.215. The second-order valence-corrected chi connectivity index (χ2v) is 5.73. The van der Waals surface area contributed by atoms with Crippen LogP contribution in [0.15, 0.2) is 55.0 Å². The van der Waals surface area contributed by atoms with E-state index in [1.54, 1.807) is 47.5 Å². The molecule has 2 aromatic heterocycles. The lowest BCUT2D eigenvalue weighted by Gasteiger charge is -2.17. The number of aryl methyl sites for hydroxylation is 1. The number of rotatable bonds is 3.